The molecule has 2 heterocycles. The van der Waals surface area contributed by atoms with Gasteiger partial charge in [0.25, 0.3) is 11.8 Å². The van der Waals surface area contributed by atoms with Crippen molar-refractivity contribution in [2.75, 3.05) is 5.32 Å². The number of rotatable bonds is 4. The maximum atomic E-state index is 14.7. The van der Waals surface area contributed by atoms with E-state index in [0.29, 0.717) is 0 Å². The fourth-order valence-electron chi connectivity index (χ4n) is 3.45. The zero-order valence-corrected chi connectivity index (χ0v) is 16.4. The lowest BCUT2D eigenvalue weighted by Gasteiger charge is -2.27. The van der Waals surface area contributed by atoms with Crippen molar-refractivity contribution >= 4 is 17.5 Å². The van der Waals surface area contributed by atoms with Gasteiger partial charge >= 0.3 is 6.18 Å². The number of nitrogens with two attached hydrogens (primary N) is 1. The van der Waals surface area contributed by atoms with Gasteiger partial charge in [-0.3, -0.25) is 14.6 Å². The highest BCUT2D eigenvalue weighted by Gasteiger charge is 2.61. The highest BCUT2D eigenvalue weighted by atomic mass is 19.4. The Morgan fingerprint density at radius 1 is 1.26 bits per heavy atom. The molecule has 1 fully saturated rings. The molecular weight excluding hydrogens is 425 g/mol. The molecule has 1 aromatic heterocycles. The van der Waals surface area contributed by atoms with E-state index < -0.39 is 53.7 Å². The van der Waals surface area contributed by atoms with Gasteiger partial charge in [0.2, 0.25) is 0 Å². The second kappa shape index (κ2) is 7.88. The molecule has 166 valence electrons. The van der Waals surface area contributed by atoms with Crippen LogP contribution in [-0.2, 0) is 9.53 Å². The Kier molecular flexibility index (Phi) is 5.74. The minimum Gasteiger partial charge on any atom is -0.364 e. The smallest absolute Gasteiger partial charge is 0.364 e. The molecule has 0 aliphatic carbocycles. The number of ether oxygens (including phenoxy) is 1. The van der Waals surface area contributed by atoms with Gasteiger partial charge in [-0.15, -0.1) is 0 Å². The van der Waals surface area contributed by atoms with Crippen molar-refractivity contribution in [1.29, 1.82) is 0 Å². The number of benzene rings is 1. The predicted molar refractivity (Wildman–Crippen MR) is 99.2 cm³/mol. The van der Waals surface area contributed by atoms with E-state index in [2.05, 4.69) is 10.3 Å². The molecule has 0 radical (unpaired) electrons. The first-order valence-corrected chi connectivity index (χ1v) is 9.10. The van der Waals surface area contributed by atoms with Crippen LogP contribution in [0.5, 0.6) is 0 Å². The number of nitrogens with zero attached hydrogens (tertiary/aromatic N) is 1. The third-order valence-corrected chi connectivity index (χ3v) is 5.25. The second-order valence-corrected chi connectivity index (χ2v) is 7.44. The van der Waals surface area contributed by atoms with Gasteiger partial charge in [0.1, 0.15) is 23.4 Å². The summed E-state index contributed by atoms with van der Waals surface area (Å²) in [5.41, 5.74) is 1.61. The van der Waals surface area contributed by atoms with Crippen molar-refractivity contribution in [3.8, 4) is 0 Å². The molecule has 3 rings (SSSR count). The van der Waals surface area contributed by atoms with E-state index in [1.165, 1.54) is 12.3 Å². The molecule has 1 saturated heterocycles. The lowest BCUT2D eigenvalue weighted by Crippen LogP contribution is -2.43. The summed E-state index contributed by atoms with van der Waals surface area (Å²) in [6, 6.07) is 4.36. The van der Waals surface area contributed by atoms with Crippen molar-refractivity contribution in [3.05, 3.63) is 58.9 Å². The Bertz CT molecular complexity index is 1040. The van der Waals surface area contributed by atoms with Crippen LogP contribution in [0.25, 0.3) is 0 Å². The van der Waals surface area contributed by atoms with Crippen molar-refractivity contribution < 1.29 is 36.3 Å². The maximum absolute atomic E-state index is 14.7. The van der Waals surface area contributed by atoms with E-state index in [4.69, 9.17) is 10.5 Å². The number of primary amides is 1. The number of carbonyl (C=O) groups is 2. The van der Waals surface area contributed by atoms with E-state index in [1.807, 2.05) is 0 Å². The Balaban J connectivity index is 1.98. The molecule has 2 aromatic rings. The Morgan fingerprint density at radius 3 is 2.55 bits per heavy atom. The molecule has 11 heteroatoms. The molecule has 0 unspecified atom stereocenters. The zero-order chi connectivity index (χ0) is 23.1. The van der Waals surface area contributed by atoms with Crippen LogP contribution < -0.4 is 11.1 Å². The van der Waals surface area contributed by atoms with Crippen LogP contribution in [0.1, 0.15) is 40.9 Å². The predicted octanol–water partition coefficient (Wildman–Crippen LogP) is 3.60. The van der Waals surface area contributed by atoms with Gasteiger partial charge in [0.05, 0.1) is 0 Å². The molecule has 2 amide bonds. The van der Waals surface area contributed by atoms with Crippen LogP contribution in [0, 0.1) is 18.6 Å². The average molecular weight is 443 g/mol. The number of aromatic nitrogens is 1. The summed E-state index contributed by atoms with van der Waals surface area (Å²) >= 11 is 0. The third-order valence-electron chi connectivity index (χ3n) is 5.25. The molecule has 1 aromatic carbocycles. The van der Waals surface area contributed by atoms with Crippen LogP contribution in [0.2, 0.25) is 0 Å². The summed E-state index contributed by atoms with van der Waals surface area (Å²) in [5, 5.41) is 2.34. The molecule has 3 atom stereocenters. The molecule has 6 nitrogen and oxygen atoms in total. The Morgan fingerprint density at radius 2 is 1.94 bits per heavy atom. The Labute approximate surface area is 173 Å². The number of amides is 2. The summed E-state index contributed by atoms with van der Waals surface area (Å²) in [6.07, 6.45) is -6.16. The first-order valence-electron chi connectivity index (χ1n) is 9.10. The lowest BCUT2D eigenvalue weighted by atomic mass is 9.85. The van der Waals surface area contributed by atoms with Crippen LogP contribution in [0.15, 0.2) is 30.5 Å². The van der Waals surface area contributed by atoms with Gasteiger partial charge in [0.15, 0.2) is 5.60 Å². The van der Waals surface area contributed by atoms with Crippen LogP contribution in [0.3, 0.4) is 0 Å². The van der Waals surface area contributed by atoms with Gasteiger partial charge < -0.3 is 15.8 Å². The van der Waals surface area contributed by atoms with Gasteiger partial charge in [-0.05, 0) is 44.0 Å². The first kappa shape index (κ1) is 22.6. The largest absolute Gasteiger partial charge is 0.417 e. The Hall–Kier alpha value is -3.08. The molecule has 0 bridgehead atoms. The third kappa shape index (κ3) is 4.22. The highest BCUT2D eigenvalue weighted by molar-refractivity contribution is 5.97. The monoisotopic (exact) mass is 443 g/mol. The standard InChI is InChI=1S/C20H18F5N3O3/c1-9-13(21)4-3-11(15(9)22)12-8-19(2,20(23,24)25)31-16(12)18(30)28-10-5-6-27-14(7-10)17(26)29/h3-7,12,16H,8H2,1-2H3,(H2,26,29)(H,27,28,30)/t12-,16+,19-/m1/s1. The maximum Gasteiger partial charge on any atom is 0.417 e. The highest BCUT2D eigenvalue weighted by Crippen LogP contribution is 2.50. The minimum absolute atomic E-state index is 0.0347. The van der Waals surface area contributed by atoms with Crippen molar-refractivity contribution in [2.45, 2.75) is 44.1 Å². The summed E-state index contributed by atoms with van der Waals surface area (Å²) in [7, 11) is 0. The minimum atomic E-state index is -4.85. The zero-order valence-electron chi connectivity index (χ0n) is 16.4. The summed E-state index contributed by atoms with van der Waals surface area (Å²) < 4.78 is 74.3. The van der Waals surface area contributed by atoms with Crippen LogP contribution in [-0.4, -0.2) is 34.7 Å². The number of alkyl halides is 3. The van der Waals surface area contributed by atoms with Crippen molar-refractivity contribution in [3.63, 3.8) is 0 Å². The molecule has 3 N–H and O–H groups in total. The second-order valence-electron chi connectivity index (χ2n) is 7.44. The number of anilines is 1. The van der Waals surface area contributed by atoms with E-state index >= 15 is 0 Å². The number of nitrogens with one attached hydrogen (secondary N) is 1. The SMILES string of the molecule is Cc1c(F)ccc([C@H]2C[C@](C)(C(F)(F)F)O[C@@H]2C(=O)Nc2ccnc(C(N)=O)c2)c1F. The number of halogens is 5. The molecule has 1 aliphatic heterocycles. The van der Waals surface area contributed by atoms with Gasteiger partial charge in [0, 0.05) is 23.4 Å². The number of carbonyl (C=O) groups excluding carboxylic acids is 2. The number of hydrogen-bond acceptors (Lipinski definition) is 4. The normalized spacial score (nSPS) is 23.6. The molecule has 1 aliphatic rings. The molecular formula is C20H18F5N3O3. The summed E-state index contributed by atoms with van der Waals surface area (Å²) in [6.45, 7) is 1.91. The average Bonchev–Trinajstić information content (AvgIpc) is 3.05. The molecule has 31 heavy (non-hydrogen) atoms. The van der Waals surface area contributed by atoms with E-state index in [1.54, 1.807) is 0 Å². The van der Waals surface area contributed by atoms with Gasteiger partial charge in [-0.25, -0.2) is 8.78 Å². The van der Waals surface area contributed by atoms with E-state index in [-0.39, 0.29) is 22.5 Å². The van der Waals surface area contributed by atoms with Gasteiger partial charge in [-0.2, -0.15) is 13.2 Å². The van der Waals surface area contributed by atoms with E-state index in [0.717, 1.165) is 32.0 Å². The topological polar surface area (TPSA) is 94.3 Å². The fourth-order valence-corrected chi connectivity index (χ4v) is 3.45. The molecule has 0 saturated carbocycles. The van der Waals surface area contributed by atoms with Crippen LogP contribution >= 0.6 is 0 Å². The fraction of sp³-hybridized carbons (Fsp3) is 0.350. The summed E-state index contributed by atoms with van der Waals surface area (Å²) in [4.78, 5) is 27.8. The van der Waals surface area contributed by atoms with Crippen molar-refractivity contribution in [2.24, 2.45) is 5.73 Å². The lowest BCUT2D eigenvalue weighted by molar-refractivity contribution is -0.261. The number of hydrogen-bond donors (Lipinski definition) is 2. The van der Waals surface area contributed by atoms with Gasteiger partial charge in [-0.1, -0.05) is 6.07 Å². The first-order chi connectivity index (χ1) is 14.3. The molecule has 0 spiro atoms. The van der Waals surface area contributed by atoms with E-state index in [9.17, 15) is 31.5 Å². The summed E-state index contributed by atoms with van der Waals surface area (Å²) in [5.74, 6) is -5.13. The van der Waals surface area contributed by atoms with Crippen molar-refractivity contribution in [1.82, 2.24) is 4.98 Å². The number of pyridine rings is 1. The van der Waals surface area contributed by atoms with Crippen LogP contribution in [0.4, 0.5) is 27.6 Å². The quantitative estimate of drug-likeness (QED) is 0.706.